The Kier molecular flexibility index (Phi) is 7.61. The Balaban J connectivity index is 1.95. The predicted molar refractivity (Wildman–Crippen MR) is 73.1 cm³/mol. The number of unbranched alkanes of at least 4 members (excludes halogenated alkanes) is 7. The molecule has 0 N–H and O–H groups in total. The van der Waals surface area contributed by atoms with Crippen molar-refractivity contribution in [1.82, 2.24) is 9.97 Å². The molecule has 2 nitrogen and oxygen atoms in total. The van der Waals surface area contributed by atoms with E-state index in [1.54, 1.807) is 0 Å². The summed E-state index contributed by atoms with van der Waals surface area (Å²) in [6, 6.07) is 0. The van der Waals surface area contributed by atoms with E-state index in [1.807, 2.05) is 19.3 Å². The number of aromatic nitrogens is 2. The third-order valence-electron chi connectivity index (χ3n) is 3.09. The van der Waals surface area contributed by atoms with Gasteiger partial charge in [-0.15, -0.1) is 0 Å². The summed E-state index contributed by atoms with van der Waals surface area (Å²) in [6.07, 6.45) is 15.7. The van der Waals surface area contributed by atoms with E-state index in [4.69, 9.17) is 0 Å². The molecule has 0 radical (unpaired) electrons. The summed E-state index contributed by atoms with van der Waals surface area (Å²) in [7, 11) is 0. The summed E-state index contributed by atoms with van der Waals surface area (Å²) in [5.41, 5.74) is 1.14. The van der Waals surface area contributed by atoms with Crippen molar-refractivity contribution in [2.45, 2.75) is 71.6 Å². The van der Waals surface area contributed by atoms with Crippen LogP contribution in [0, 0.1) is 6.92 Å². The number of hydrogen-bond donors (Lipinski definition) is 0. The van der Waals surface area contributed by atoms with Gasteiger partial charge in [-0.25, -0.2) is 9.97 Å². The van der Waals surface area contributed by atoms with Crippen molar-refractivity contribution in [3.8, 4) is 0 Å². The molecule has 1 aromatic heterocycles. The molecule has 1 rings (SSSR count). The average Bonchev–Trinajstić information content (AvgIpc) is 2.35. The van der Waals surface area contributed by atoms with Gasteiger partial charge in [0.1, 0.15) is 5.82 Å². The smallest absolute Gasteiger partial charge is 0.128 e. The topological polar surface area (TPSA) is 25.8 Å². The molecule has 0 fully saturated rings. The molecule has 0 aliphatic rings. The van der Waals surface area contributed by atoms with E-state index in [-0.39, 0.29) is 0 Å². The number of rotatable bonds is 9. The van der Waals surface area contributed by atoms with Crippen LogP contribution in [0.3, 0.4) is 0 Å². The summed E-state index contributed by atoms with van der Waals surface area (Å²) in [6.45, 7) is 4.29. The lowest BCUT2D eigenvalue weighted by Gasteiger charge is -2.01. The fraction of sp³-hybridized carbons (Fsp3) is 0.733. The summed E-state index contributed by atoms with van der Waals surface area (Å²) >= 11 is 0. The Hall–Kier alpha value is -0.920. The van der Waals surface area contributed by atoms with Crippen LogP contribution in [0.25, 0.3) is 0 Å². The van der Waals surface area contributed by atoms with E-state index >= 15 is 0 Å². The molecule has 0 aliphatic carbocycles. The van der Waals surface area contributed by atoms with Gasteiger partial charge in [-0.2, -0.15) is 0 Å². The predicted octanol–water partition coefficient (Wildman–Crippen LogP) is 4.47. The minimum Gasteiger partial charge on any atom is -0.241 e. The van der Waals surface area contributed by atoms with Crippen LogP contribution >= 0.6 is 0 Å². The molecular formula is C15H26N2. The van der Waals surface area contributed by atoms with E-state index < -0.39 is 0 Å². The molecule has 0 amide bonds. The zero-order valence-electron chi connectivity index (χ0n) is 11.4. The molecule has 17 heavy (non-hydrogen) atoms. The van der Waals surface area contributed by atoms with Crippen molar-refractivity contribution < 1.29 is 0 Å². The quantitative estimate of drug-likeness (QED) is 0.589. The number of aryl methyl sites for hydroxylation is 2. The lowest BCUT2D eigenvalue weighted by atomic mass is 10.1. The first-order valence-corrected chi connectivity index (χ1v) is 7.10. The molecule has 0 saturated heterocycles. The third kappa shape index (κ3) is 7.09. The Morgan fingerprint density at radius 3 is 1.94 bits per heavy atom. The Labute approximate surface area is 106 Å². The third-order valence-corrected chi connectivity index (χ3v) is 3.09. The molecule has 0 atom stereocenters. The molecule has 1 aromatic rings. The fourth-order valence-electron chi connectivity index (χ4n) is 1.97. The largest absolute Gasteiger partial charge is 0.241 e. The van der Waals surface area contributed by atoms with Crippen molar-refractivity contribution in [2.24, 2.45) is 0 Å². The van der Waals surface area contributed by atoms with Crippen LogP contribution in [0.4, 0.5) is 0 Å². The van der Waals surface area contributed by atoms with Gasteiger partial charge >= 0.3 is 0 Å². The van der Waals surface area contributed by atoms with Gasteiger partial charge in [0.25, 0.3) is 0 Å². The normalized spacial score (nSPS) is 10.7. The van der Waals surface area contributed by atoms with Crippen LogP contribution in [0.5, 0.6) is 0 Å². The SMILES string of the molecule is CCCCCCCCCCc1ncc(C)cn1. The average molecular weight is 234 g/mol. The van der Waals surface area contributed by atoms with Crippen molar-refractivity contribution in [1.29, 1.82) is 0 Å². The van der Waals surface area contributed by atoms with Gasteiger partial charge in [0, 0.05) is 18.8 Å². The van der Waals surface area contributed by atoms with Crippen LogP contribution in [0.2, 0.25) is 0 Å². The number of nitrogens with zero attached hydrogens (tertiary/aromatic N) is 2. The lowest BCUT2D eigenvalue weighted by Crippen LogP contribution is -1.95. The minimum absolute atomic E-state index is 1.00. The molecule has 2 heteroatoms. The van der Waals surface area contributed by atoms with Gasteiger partial charge < -0.3 is 0 Å². The van der Waals surface area contributed by atoms with E-state index in [1.165, 1.54) is 51.4 Å². The zero-order valence-corrected chi connectivity index (χ0v) is 11.4. The second kappa shape index (κ2) is 9.15. The zero-order chi connectivity index (χ0) is 12.3. The van der Waals surface area contributed by atoms with Crippen LogP contribution < -0.4 is 0 Å². The monoisotopic (exact) mass is 234 g/mol. The standard InChI is InChI=1S/C15H26N2/c1-3-4-5-6-7-8-9-10-11-15-16-12-14(2)13-17-15/h12-13H,3-11H2,1-2H3. The van der Waals surface area contributed by atoms with Crippen molar-refractivity contribution in [3.05, 3.63) is 23.8 Å². The van der Waals surface area contributed by atoms with Gasteiger partial charge in [-0.1, -0.05) is 51.9 Å². The van der Waals surface area contributed by atoms with E-state index in [9.17, 15) is 0 Å². The molecule has 0 spiro atoms. The lowest BCUT2D eigenvalue weighted by molar-refractivity contribution is 0.572. The van der Waals surface area contributed by atoms with Crippen molar-refractivity contribution in [2.75, 3.05) is 0 Å². The Morgan fingerprint density at radius 1 is 0.824 bits per heavy atom. The first-order chi connectivity index (χ1) is 8.33. The minimum atomic E-state index is 1.00. The molecule has 0 saturated carbocycles. The first kappa shape index (κ1) is 14.1. The molecule has 0 unspecified atom stereocenters. The molecule has 1 heterocycles. The van der Waals surface area contributed by atoms with Crippen LogP contribution in [0.1, 0.15) is 69.7 Å². The number of hydrogen-bond acceptors (Lipinski definition) is 2. The van der Waals surface area contributed by atoms with E-state index in [0.29, 0.717) is 0 Å². The highest BCUT2D eigenvalue weighted by atomic mass is 14.9. The maximum Gasteiger partial charge on any atom is 0.128 e. The first-order valence-electron chi connectivity index (χ1n) is 7.10. The fourth-order valence-corrected chi connectivity index (χ4v) is 1.97. The molecule has 0 aliphatic heterocycles. The van der Waals surface area contributed by atoms with Crippen LogP contribution in [-0.4, -0.2) is 9.97 Å². The van der Waals surface area contributed by atoms with Gasteiger partial charge in [0.2, 0.25) is 0 Å². The highest BCUT2D eigenvalue weighted by Gasteiger charge is 1.96. The Morgan fingerprint density at radius 2 is 1.35 bits per heavy atom. The molecule has 0 aromatic carbocycles. The summed E-state index contributed by atoms with van der Waals surface area (Å²) in [4.78, 5) is 8.65. The highest BCUT2D eigenvalue weighted by Crippen LogP contribution is 2.09. The van der Waals surface area contributed by atoms with E-state index in [0.717, 1.165) is 17.8 Å². The second-order valence-electron chi connectivity index (χ2n) is 4.90. The molecule has 0 bridgehead atoms. The molecular weight excluding hydrogens is 208 g/mol. The highest BCUT2D eigenvalue weighted by molar-refractivity contribution is 5.01. The van der Waals surface area contributed by atoms with Crippen LogP contribution in [-0.2, 0) is 6.42 Å². The van der Waals surface area contributed by atoms with Crippen molar-refractivity contribution in [3.63, 3.8) is 0 Å². The van der Waals surface area contributed by atoms with Gasteiger partial charge in [0.05, 0.1) is 0 Å². The second-order valence-corrected chi connectivity index (χ2v) is 4.90. The maximum absolute atomic E-state index is 4.33. The summed E-state index contributed by atoms with van der Waals surface area (Å²) < 4.78 is 0. The van der Waals surface area contributed by atoms with Gasteiger partial charge in [-0.05, 0) is 18.9 Å². The van der Waals surface area contributed by atoms with E-state index in [2.05, 4.69) is 16.9 Å². The molecule has 96 valence electrons. The van der Waals surface area contributed by atoms with Gasteiger partial charge in [0.15, 0.2) is 0 Å². The summed E-state index contributed by atoms with van der Waals surface area (Å²) in [5.74, 6) is 1.00. The van der Waals surface area contributed by atoms with Gasteiger partial charge in [-0.3, -0.25) is 0 Å². The Bertz CT molecular complexity index is 279. The van der Waals surface area contributed by atoms with Crippen molar-refractivity contribution >= 4 is 0 Å². The maximum atomic E-state index is 4.33. The van der Waals surface area contributed by atoms with Crippen LogP contribution in [0.15, 0.2) is 12.4 Å². The summed E-state index contributed by atoms with van der Waals surface area (Å²) in [5, 5.41) is 0.